The predicted octanol–water partition coefficient (Wildman–Crippen LogP) is 1.81. The molecule has 2 aliphatic rings. The number of aromatic nitrogens is 1. The van der Waals surface area contributed by atoms with E-state index in [1.54, 1.807) is 36.5 Å². The summed E-state index contributed by atoms with van der Waals surface area (Å²) in [4.78, 5) is 29.2. The first-order valence-electron chi connectivity index (χ1n) is 10.8. The van der Waals surface area contributed by atoms with Crippen molar-refractivity contribution >= 4 is 17.5 Å². The number of rotatable bonds is 7. The van der Waals surface area contributed by atoms with Crippen LogP contribution in [0.25, 0.3) is 11.3 Å². The molecule has 4 N–H and O–H groups in total. The zero-order chi connectivity index (χ0) is 23.5. The fourth-order valence-corrected chi connectivity index (χ4v) is 3.86. The van der Waals surface area contributed by atoms with Crippen LogP contribution in [-0.4, -0.2) is 64.9 Å². The van der Waals surface area contributed by atoms with Crippen molar-refractivity contribution in [2.24, 2.45) is 11.7 Å². The highest BCUT2D eigenvalue weighted by molar-refractivity contribution is 5.95. The molecule has 0 bridgehead atoms. The Morgan fingerprint density at radius 1 is 1.24 bits per heavy atom. The number of amides is 2. The van der Waals surface area contributed by atoms with Gasteiger partial charge in [0.25, 0.3) is 0 Å². The average Bonchev–Trinajstić information content (AvgIpc) is 3.57. The van der Waals surface area contributed by atoms with Gasteiger partial charge in [-0.2, -0.15) is 0 Å². The number of carbonyl (C=O) groups is 2. The molecule has 8 nitrogen and oxygen atoms in total. The van der Waals surface area contributed by atoms with E-state index in [4.69, 9.17) is 15.6 Å². The number of hydrogen-bond donors (Lipinski definition) is 3. The summed E-state index contributed by atoms with van der Waals surface area (Å²) in [7, 11) is 0. The highest BCUT2D eigenvalue weighted by Gasteiger charge is 2.43. The van der Waals surface area contributed by atoms with Crippen LogP contribution in [0.4, 0.5) is 14.5 Å². The third-order valence-electron chi connectivity index (χ3n) is 5.90. The molecule has 33 heavy (non-hydrogen) atoms. The van der Waals surface area contributed by atoms with Crippen LogP contribution >= 0.6 is 0 Å². The van der Waals surface area contributed by atoms with Crippen molar-refractivity contribution < 1.29 is 28.2 Å². The average molecular weight is 460 g/mol. The van der Waals surface area contributed by atoms with Crippen LogP contribution in [0.15, 0.2) is 36.5 Å². The zero-order valence-corrected chi connectivity index (χ0v) is 17.9. The number of alkyl halides is 2. The highest BCUT2D eigenvalue weighted by Crippen LogP contribution is 2.35. The molecule has 2 aromatic rings. The molecule has 1 saturated heterocycles. The van der Waals surface area contributed by atoms with E-state index in [1.165, 1.54) is 4.90 Å². The second-order valence-electron chi connectivity index (χ2n) is 8.26. The second-order valence-corrected chi connectivity index (χ2v) is 8.26. The summed E-state index contributed by atoms with van der Waals surface area (Å²) >= 11 is 0. The number of likely N-dealkylation sites (tertiary alicyclic amines) is 1. The lowest BCUT2D eigenvalue weighted by atomic mass is 10.0. The number of nitrogens with two attached hydrogens (primary N) is 1. The van der Waals surface area contributed by atoms with E-state index in [1.807, 2.05) is 0 Å². The minimum absolute atomic E-state index is 0.132. The summed E-state index contributed by atoms with van der Waals surface area (Å²) in [6.07, 6.45) is -1.10. The Labute approximate surface area is 189 Å². The Morgan fingerprint density at radius 2 is 2.03 bits per heavy atom. The molecule has 0 radical (unpaired) electrons. The first-order valence-corrected chi connectivity index (χ1v) is 10.8. The number of aliphatic hydroxyl groups excluding tert-OH is 1. The summed E-state index contributed by atoms with van der Waals surface area (Å²) in [6, 6.07) is 8.57. The maximum Gasteiger partial charge on any atom is 0.248 e. The molecule has 2 amide bonds. The molecule has 1 aromatic heterocycles. The molecule has 0 spiro atoms. The third-order valence-corrected chi connectivity index (χ3v) is 5.90. The summed E-state index contributed by atoms with van der Waals surface area (Å²) in [6.45, 7) is -0.329. The first kappa shape index (κ1) is 23.1. The van der Waals surface area contributed by atoms with E-state index in [0.29, 0.717) is 35.7 Å². The van der Waals surface area contributed by atoms with Crippen molar-refractivity contribution in [3.63, 3.8) is 0 Å². The van der Waals surface area contributed by atoms with Crippen molar-refractivity contribution in [3.8, 4) is 17.0 Å². The number of piperidine rings is 1. The van der Waals surface area contributed by atoms with E-state index < -0.39 is 36.9 Å². The number of pyridine rings is 1. The maximum atomic E-state index is 14.6. The number of ether oxygens (including phenoxy) is 1. The lowest BCUT2D eigenvalue weighted by Crippen LogP contribution is -2.50. The van der Waals surface area contributed by atoms with Crippen LogP contribution in [0.2, 0.25) is 0 Å². The standard InChI is InChI=1S/C23H26F2N4O4/c24-17-9-16(17)23(32)28-15-3-5-27-19(8-15)13-1-2-20(14(7-13)10-26)33-21-4-6-29(11-18(21)25)22(31)12-30/h1-3,5,7-8,16-18,21,30H,4,6,9-12,26H2,(H,27,28,32)/t16-,17+,18-,21+/m1/s1. The predicted molar refractivity (Wildman–Crippen MR) is 117 cm³/mol. The monoisotopic (exact) mass is 460 g/mol. The van der Waals surface area contributed by atoms with E-state index in [9.17, 15) is 18.4 Å². The van der Waals surface area contributed by atoms with Crippen molar-refractivity contribution in [2.45, 2.75) is 37.8 Å². The molecule has 0 unspecified atom stereocenters. The first-order chi connectivity index (χ1) is 15.9. The molecule has 2 fully saturated rings. The van der Waals surface area contributed by atoms with Crippen molar-refractivity contribution in [3.05, 3.63) is 42.1 Å². The fraction of sp³-hybridized carbons (Fsp3) is 0.435. The molecule has 1 aliphatic carbocycles. The van der Waals surface area contributed by atoms with E-state index >= 15 is 0 Å². The van der Waals surface area contributed by atoms with Crippen LogP contribution < -0.4 is 15.8 Å². The van der Waals surface area contributed by atoms with Crippen molar-refractivity contribution in [1.29, 1.82) is 0 Å². The van der Waals surface area contributed by atoms with E-state index in [-0.39, 0.29) is 25.4 Å². The molecule has 4 atom stereocenters. The lowest BCUT2D eigenvalue weighted by Gasteiger charge is -2.34. The zero-order valence-electron chi connectivity index (χ0n) is 17.9. The minimum atomic E-state index is -1.39. The van der Waals surface area contributed by atoms with Gasteiger partial charge < -0.3 is 25.8 Å². The number of halogens is 2. The molecule has 10 heteroatoms. The summed E-state index contributed by atoms with van der Waals surface area (Å²) in [5.41, 5.74) is 8.39. The molecule has 1 aliphatic heterocycles. The summed E-state index contributed by atoms with van der Waals surface area (Å²) in [5.74, 6) is -0.993. The molecule has 2 heterocycles. The van der Waals surface area contributed by atoms with E-state index in [0.717, 1.165) is 5.56 Å². The number of aliphatic hydroxyl groups is 1. The van der Waals surface area contributed by atoms with E-state index in [2.05, 4.69) is 10.3 Å². The Hall–Kier alpha value is -3.11. The highest BCUT2D eigenvalue weighted by atomic mass is 19.1. The van der Waals surface area contributed by atoms with Crippen LogP contribution in [0, 0.1) is 5.92 Å². The Morgan fingerprint density at radius 3 is 2.70 bits per heavy atom. The normalized spacial score (nSPS) is 24.3. The van der Waals surface area contributed by atoms with Gasteiger partial charge >= 0.3 is 0 Å². The quantitative estimate of drug-likeness (QED) is 0.580. The Kier molecular flexibility index (Phi) is 6.85. The number of hydrogen-bond acceptors (Lipinski definition) is 6. The van der Waals surface area contributed by atoms with Crippen LogP contribution in [-0.2, 0) is 16.1 Å². The van der Waals surface area contributed by atoms with Gasteiger partial charge in [0.15, 0.2) is 6.17 Å². The number of nitrogens with one attached hydrogen (secondary N) is 1. The van der Waals surface area contributed by atoms with Gasteiger partial charge in [0, 0.05) is 42.5 Å². The smallest absolute Gasteiger partial charge is 0.248 e. The largest absolute Gasteiger partial charge is 0.487 e. The van der Waals surface area contributed by atoms with Gasteiger partial charge in [-0.1, -0.05) is 0 Å². The molecule has 1 aromatic carbocycles. The lowest BCUT2D eigenvalue weighted by molar-refractivity contribution is -0.138. The number of anilines is 1. The number of carbonyl (C=O) groups excluding carboxylic acids is 2. The van der Waals surface area contributed by atoms with Gasteiger partial charge in [-0.3, -0.25) is 14.6 Å². The molecule has 1 saturated carbocycles. The molecular formula is C23H26F2N4O4. The van der Waals surface area contributed by atoms with Gasteiger partial charge in [-0.25, -0.2) is 8.78 Å². The molecule has 176 valence electrons. The number of benzene rings is 1. The van der Waals surface area contributed by atoms with Crippen LogP contribution in [0.5, 0.6) is 5.75 Å². The maximum absolute atomic E-state index is 14.6. The topological polar surface area (TPSA) is 118 Å². The van der Waals surface area contributed by atoms with Gasteiger partial charge in [0.1, 0.15) is 24.6 Å². The summed E-state index contributed by atoms with van der Waals surface area (Å²) < 4.78 is 33.6. The molecule has 4 rings (SSSR count). The second kappa shape index (κ2) is 9.80. The van der Waals surface area contributed by atoms with Crippen molar-refractivity contribution in [1.82, 2.24) is 9.88 Å². The van der Waals surface area contributed by atoms with Gasteiger partial charge in [0.05, 0.1) is 18.2 Å². The number of nitrogens with zero attached hydrogens (tertiary/aromatic N) is 2. The Bertz CT molecular complexity index is 1040. The Balaban J connectivity index is 1.46. The van der Waals surface area contributed by atoms with Crippen molar-refractivity contribution in [2.75, 3.05) is 25.0 Å². The molecular weight excluding hydrogens is 434 g/mol. The van der Waals surface area contributed by atoms with Crippen LogP contribution in [0.1, 0.15) is 18.4 Å². The van der Waals surface area contributed by atoms with Gasteiger partial charge in [-0.05, 0) is 36.8 Å². The third kappa shape index (κ3) is 5.28. The van der Waals surface area contributed by atoms with Crippen LogP contribution in [0.3, 0.4) is 0 Å². The SMILES string of the molecule is NCc1cc(-c2cc(NC(=O)[C@@H]3C[C@@H]3F)ccn2)ccc1O[C@H]1CCN(C(=O)CO)C[C@H]1F. The summed E-state index contributed by atoms with van der Waals surface area (Å²) in [5, 5.41) is 11.7. The fourth-order valence-electron chi connectivity index (χ4n) is 3.86. The van der Waals surface area contributed by atoms with Gasteiger partial charge in [-0.15, -0.1) is 0 Å². The van der Waals surface area contributed by atoms with Gasteiger partial charge in [0.2, 0.25) is 11.8 Å². The minimum Gasteiger partial charge on any atom is -0.487 e.